The monoisotopic (exact) mass is 518 g/mol. The van der Waals surface area contributed by atoms with Crippen LogP contribution in [0.3, 0.4) is 0 Å². The van der Waals surface area contributed by atoms with E-state index in [0.29, 0.717) is 26.2 Å². The minimum Gasteiger partial charge on any atom is -0.496 e. The molecule has 8 heteroatoms. The Morgan fingerprint density at radius 2 is 1.73 bits per heavy atom. The molecule has 2 aromatic carbocycles. The lowest BCUT2D eigenvalue weighted by molar-refractivity contribution is -0.138. The van der Waals surface area contributed by atoms with E-state index in [2.05, 4.69) is 11.0 Å². The molecule has 2 unspecified atom stereocenters. The van der Waals surface area contributed by atoms with Gasteiger partial charge in [-0.25, -0.2) is 0 Å². The molecule has 4 rings (SSSR count). The lowest BCUT2D eigenvalue weighted by Crippen LogP contribution is -2.42. The van der Waals surface area contributed by atoms with Crippen LogP contribution in [0.2, 0.25) is 0 Å². The second-order valence-corrected chi connectivity index (χ2v) is 10.3. The molecule has 0 radical (unpaired) electrons. The highest BCUT2D eigenvalue weighted by Crippen LogP contribution is 2.39. The number of amides is 1. The normalized spacial score (nSPS) is 20.9. The smallest absolute Gasteiger partial charge is 0.416 e. The van der Waals surface area contributed by atoms with Crippen molar-refractivity contribution in [2.45, 2.75) is 44.3 Å². The molecule has 0 aromatic heterocycles. The van der Waals surface area contributed by atoms with Gasteiger partial charge in [0.25, 0.3) is 0 Å². The lowest BCUT2D eigenvalue weighted by Gasteiger charge is -2.30. The molecule has 0 spiro atoms. The summed E-state index contributed by atoms with van der Waals surface area (Å²) in [5.74, 6) is 1.42. The predicted molar refractivity (Wildman–Crippen MR) is 136 cm³/mol. The SMILES string of the molecule is COCCN(CC1CN(Cc2ccc(C(F)(F)F)cc2)CC1c1ccccc1OC)C(=O)C1CCCC1. The second-order valence-electron chi connectivity index (χ2n) is 10.3. The molecule has 2 aliphatic rings. The molecule has 2 fully saturated rings. The number of hydrogen-bond acceptors (Lipinski definition) is 4. The molecular weight excluding hydrogens is 481 g/mol. The Hall–Kier alpha value is -2.58. The maximum Gasteiger partial charge on any atom is 0.416 e. The van der Waals surface area contributed by atoms with E-state index < -0.39 is 11.7 Å². The van der Waals surface area contributed by atoms with Crippen molar-refractivity contribution >= 4 is 5.91 Å². The maximum atomic E-state index is 13.4. The van der Waals surface area contributed by atoms with Crippen molar-refractivity contribution in [3.05, 3.63) is 65.2 Å². The average molecular weight is 519 g/mol. The van der Waals surface area contributed by atoms with Gasteiger partial charge in [0.15, 0.2) is 0 Å². The minimum absolute atomic E-state index is 0.0891. The Bertz CT molecular complexity index is 1020. The summed E-state index contributed by atoms with van der Waals surface area (Å²) in [5.41, 5.74) is 1.30. The van der Waals surface area contributed by atoms with Crippen molar-refractivity contribution in [1.29, 1.82) is 0 Å². The van der Waals surface area contributed by atoms with E-state index in [1.165, 1.54) is 0 Å². The zero-order valence-electron chi connectivity index (χ0n) is 21.7. The Morgan fingerprint density at radius 3 is 2.38 bits per heavy atom. The topological polar surface area (TPSA) is 42.0 Å². The van der Waals surface area contributed by atoms with Gasteiger partial charge >= 0.3 is 6.18 Å². The molecule has 1 amide bonds. The van der Waals surface area contributed by atoms with Gasteiger partial charge in [-0.1, -0.05) is 43.2 Å². The first-order valence-corrected chi connectivity index (χ1v) is 13.1. The molecule has 1 aliphatic heterocycles. The summed E-state index contributed by atoms with van der Waals surface area (Å²) in [6.45, 7) is 3.69. The molecular formula is C29H37F3N2O3. The first-order valence-electron chi connectivity index (χ1n) is 13.1. The standard InChI is InChI=1S/C29H37F3N2O3/c1-36-16-15-34(28(35)22-7-3-4-8-22)19-23-18-33(17-21-11-13-24(14-12-21)29(30,31)32)20-26(23)25-9-5-6-10-27(25)37-2/h5-6,9-14,22-23,26H,3-4,7-8,15-20H2,1-2H3. The van der Waals surface area contributed by atoms with Crippen LogP contribution in [0.5, 0.6) is 5.75 Å². The number of likely N-dealkylation sites (tertiary alicyclic amines) is 1. The number of ether oxygens (including phenoxy) is 2. The van der Waals surface area contributed by atoms with Crippen molar-refractivity contribution in [2.75, 3.05) is 47.0 Å². The zero-order valence-corrected chi connectivity index (χ0v) is 21.7. The number of nitrogens with zero attached hydrogens (tertiary/aromatic N) is 2. The molecule has 202 valence electrons. The lowest BCUT2D eigenvalue weighted by atomic mass is 9.87. The van der Waals surface area contributed by atoms with Gasteiger partial charge in [0.05, 0.1) is 19.3 Å². The van der Waals surface area contributed by atoms with Crippen molar-refractivity contribution in [3.8, 4) is 5.75 Å². The number of rotatable bonds is 10. The maximum absolute atomic E-state index is 13.4. The third-order valence-corrected chi connectivity index (χ3v) is 7.78. The average Bonchev–Trinajstić information content (AvgIpc) is 3.56. The van der Waals surface area contributed by atoms with Crippen molar-refractivity contribution in [2.24, 2.45) is 11.8 Å². The van der Waals surface area contributed by atoms with Crippen LogP contribution in [0.15, 0.2) is 48.5 Å². The fraction of sp³-hybridized carbons (Fsp3) is 0.552. The summed E-state index contributed by atoms with van der Waals surface area (Å²) in [7, 11) is 3.31. The van der Waals surface area contributed by atoms with Gasteiger partial charge in [-0.15, -0.1) is 0 Å². The molecule has 1 saturated heterocycles. The van der Waals surface area contributed by atoms with Gasteiger partial charge in [-0.05, 0) is 48.1 Å². The fourth-order valence-corrected chi connectivity index (χ4v) is 5.86. The van der Waals surface area contributed by atoms with E-state index in [-0.39, 0.29) is 23.7 Å². The number of carbonyl (C=O) groups is 1. The van der Waals surface area contributed by atoms with Crippen LogP contribution >= 0.6 is 0 Å². The van der Waals surface area contributed by atoms with Crippen LogP contribution in [0.25, 0.3) is 0 Å². The number of para-hydroxylation sites is 1. The summed E-state index contributed by atoms with van der Waals surface area (Å²) in [6.07, 6.45) is -0.249. The summed E-state index contributed by atoms with van der Waals surface area (Å²) >= 11 is 0. The highest BCUT2D eigenvalue weighted by Gasteiger charge is 2.38. The molecule has 37 heavy (non-hydrogen) atoms. The number of benzene rings is 2. The predicted octanol–water partition coefficient (Wildman–Crippen LogP) is 5.59. The molecule has 1 aliphatic carbocycles. The molecule has 2 aromatic rings. The molecule has 1 saturated carbocycles. The van der Waals surface area contributed by atoms with E-state index in [0.717, 1.165) is 67.8 Å². The number of carbonyl (C=O) groups excluding carboxylic acids is 1. The van der Waals surface area contributed by atoms with Gasteiger partial charge in [-0.2, -0.15) is 13.2 Å². The Labute approximate surface area is 217 Å². The van der Waals surface area contributed by atoms with E-state index in [1.54, 1.807) is 26.4 Å². The zero-order chi connectivity index (χ0) is 26.4. The molecule has 0 N–H and O–H groups in total. The number of methoxy groups -OCH3 is 2. The van der Waals surface area contributed by atoms with E-state index >= 15 is 0 Å². The van der Waals surface area contributed by atoms with Crippen LogP contribution in [0.4, 0.5) is 13.2 Å². The van der Waals surface area contributed by atoms with Gasteiger partial charge in [0.2, 0.25) is 5.91 Å². The van der Waals surface area contributed by atoms with E-state index in [9.17, 15) is 18.0 Å². The van der Waals surface area contributed by atoms with Crippen LogP contribution in [-0.4, -0.2) is 62.7 Å². The highest BCUT2D eigenvalue weighted by atomic mass is 19.4. The molecule has 1 heterocycles. The van der Waals surface area contributed by atoms with Gasteiger partial charge in [0.1, 0.15) is 5.75 Å². The van der Waals surface area contributed by atoms with Crippen LogP contribution in [-0.2, 0) is 22.3 Å². The molecule has 2 atom stereocenters. The second kappa shape index (κ2) is 12.3. The summed E-state index contributed by atoms with van der Waals surface area (Å²) < 4.78 is 50.0. The third kappa shape index (κ3) is 6.85. The van der Waals surface area contributed by atoms with E-state index in [1.807, 2.05) is 23.1 Å². The van der Waals surface area contributed by atoms with Gasteiger partial charge in [0, 0.05) is 51.7 Å². The first-order chi connectivity index (χ1) is 17.8. The van der Waals surface area contributed by atoms with Crippen LogP contribution in [0.1, 0.15) is 48.3 Å². The van der Waals surface area contributed by atoms with Crippen molar-refractivity contribution in [3.63, 3.8) is 0 Å². The van der Waals surface area contributed by atoms with Gasteiger partial charge < -0.3 is 14.4 Å². The third-order valence-electron chi connectivity index (χ3n) is 7.78. The van der Waals surface area contributed by atoms with Crippen LogP contribution < -0.4 is 4.74 Å². The summed E-state index contributed by atoms with van der Waals surface area (Å²) in [6, 6.07) is 13.4. The van der Waals surface area contributed by atoms with Crippen molar-refractivity contribution in [1.82, 2.24) is 9.80 Å². The quantitative estimate of drug-likeness (QED) is 0.411. The highest BCUT2D eigenvalue weighted by molar-refractivity contribution is 5.79. The summed E-state index contributed by atoms with van der Waals surface area (Å²) in [4.78, 5) is 17.7. The van der Waals surface area contributed by atoms with E-state index in [4.69, 9.17) is 9.47 Å². The largest absolute Gasteiger partial charge is 0.496 e. The first kappa shape index (κ1) is 27.5. The fourth-order valence-electron chi connectivity index (χ4n) is 5.86. The minimum atomic E-state index is -4.34. The number of alkyl halides is 3. The molecule has 0 bridgehead atoms. The Kier molecular flexibility index (Phi) is 9.13. The Balaban J connectivity index is 1.55. The van der Waals surface area contributed by atoms with Crippen molar-refractivity contribution < 1.29 is 27.4 Å². The number of hydrogen-bond donors (Lipinski definition) is 0. The number of halogens is 3. The van der Waals surface area contributed by atoms with Crippen LogP contribution in [0, 0.1) is 11.8 Å². The van der Waals surface area contributed by atoms with Gasteiger partial charge in [-0.3, -0.25) is 9.69 Å². The summed E-state index contributed by atoms with van der Waals surface area (Å²) in [5, 5.41) is 0. The molecule has 5 nitrogen and oxygen atoms in total. The Morgan fingerprint density at radius 1 is 1.03 bits per heavy atom.